The van der Waals surface area contributed by atoms with Gasteiger partial charge in [-0.05, 0) is 42.8 Å². The molecule has 0 aliphatic carbocycles. The molecule has 10 heteroatoms. The van der Waals surface area contributed by atoms with Crippen molar-refractivity contribution in [3.05, 3.63) is 69.7 Å². The molecule has 0 spiro atoms. The second kappa shape index (κ2) is 9.02. The molecule has 0 bridgehead atoms. The number of methoxy groups -OCH3 is 2. The van der Waals surface area contributed by atoms with Gasteiger partial charge in [0, 0.05) is 17.5 Å². The maximum absolute atomic E-state index is 13.1. The number of aliphatic hydroxyl groups is 1. The highest BCUT2D eigenvalue weighted by molar-refractivity contribution is 7.11. The number of hydrogen-bond donors (Lipinski definition) is 2. The molecule has 0 amide bonds. The Labute approximate surface area is 198 Å². The van der Waals surface area contributed by atoms with Crippen molar-refractivity contribution in [2.75, 3.05) is 14.2 Å². The van der Waals surface area contributed by atoms with E-state index in [4.69, 9.17) is 14.9 Å². The van der Waals surface area contributed by atoms with Crippen molar-refractivity contribution in [3.63, 3.8) is 0 Å². The lowest BCUT2D eigenvalue weighted by molar-refractivity contribution is -0.137. The van der Waals surface area contributed by atoms with Crippen LogP contribution < -0.4 is 9.47 Å². The standard InChI is InChI=1S/C24H22F3N3O3S/c1-13-21(31)20(22(28)30(13)11-14-5-4-6-15(9-14)24(25,26)27)23-29-18(12-34-23)17-10-16(32-2)7-8-19(17)33-3/h4-10,12-13,28,31H,11H2,1-3H3. The van der Waals surface area contributed by atoms with Crippen LogP contribution in [0.4, 0.5) is 13.2 Å². The Bertz CT molecular complexity index is 1270. The summed E-state index contributed by atoms with van der Waals surface area (Å²) in [5, 5.41) is 21.7. The van der Waals surface area contributed by atoms with Gasteiger partial charge in [-0.25, -0.2) is 4.98 Å². The van der Waals surface area contributed by atoms with E-state index in [1.165, 1.54) is 17.4 Å². The molecule has 0 saturated carbocycles. The van der Waals surface area contributed by atoms with E-state index in [2.05, 4.69) is 4.98 Å². The zero-order chi connectivity index (χ0) is 24.6. The van der Waals surface area contributed by atoms with Crippen LogP contribution in [0.15, 0.2) is 53.6 Å². The molecule has 1 unspecified atom stereocenters. The van der Waals surface area contributed by atoms with Crippen molar-refractivity contribution in [2.24, 2.45) is 0 Å². The fourth-order valence-electron chi connectivity index (χ4n) is 3.81. The van der Waals surface area contributed by atoms with Crippen LogP contribution in [0, 0.1) is 5.41 Å². The summed E-state index contributed by atoms with van der Waals surface area (Å²) in [6.07, 6.45) is -4.45. The minimum Gasteiger partial charge on any atom is -0.509 e. The molecule has 3 aromatic rings. The van der Waals surface area contributed by atoms with Crippen LogP contribution in [-0.4, -0.2) is 41.1 Å². The maximum Gasteiger partial charge on any atom is 0.416 e. The summed E-state index contributed by atoms with van der Waals surface area (Å²) >= 11 is 1.26. The van der Waals surface area contributed by atoms with Crippen LogP contribution >= 0.6 is 11.3 Å². The Kier molecular flexibility index (Phi) is 6.26. The highest BCUT2D eigenvalue weighted by Gasteiger charge is 2.37. The number of thiazole rings is 1. The van der Waals surface area contributed by atoms with E-state index in [-0.39, 0.29) is 23.7 Å². The summed E-state index contributed by atoms with van der Waals surface area (Å²) in [7, 11) is 3.11. The highest BCUT2D eigenvalue weighted by Crippen LogP contribution is 2.39. The van der Waals surface area contributed by atoms with Gasteiger partial charge in [0.25, 0.3) is 0 Å². The largest absolute Gasteiger partial charge is 0.509 e. The van der Waals surface area contributed by atoms with E-state index >= 15 is 0 Å². The predicted molar refractivity (Wildman–Crippen MR) is 124 cm³/mol. The first-order valence-electron chi connectivity index (χ1n) is 10.3. The van der Waals surface area contributed by atoms with Gasteiger partial charge in [-0.3, -0.25) is 5.41 Å². The van der Waals surface area contributed by atoms with E-state index in [0.29, 0.717) is 33.3 Å². The second-order valence-electron chi connectivity index (χ2n) is 7.71. The monoisotopic (exact) mass is 489 g/mol. The van der Waals surface area contributed by atoms with E-state index in [1.54, 1.807) is 55.7 Å². The molecule has 2 heterocycles. The van der Waals surface area contributed by atoms with Gasteiger partial charge in [0.1, 0.15) is 28.1 Å². The topological polar surface area (TPSA) is 78.7 Å². The molecule has 6 nitrogen and oxygen atoms in total. The minimum atomic E-state index is -4.45. The Morgan fingerprint density at radius 1 is 1.15 bits per heavy atom. The molecular formula is C24H22F3N3O3S. The van der Waals surface area contributed by atoms with Crippen molar-refractivity contribution >= 4 is 22.7 Å². The van der Waals surface area contributed by atoms with Crippen molar-refractivity contribution in [3.8, 4) is 22.8 Å². The highest BCUT2D eigenvalue weighted by atomic mass is 32.1. The third kappa shape index (κ3) is 4.33. The molecule has 34 heavy (non-hydrogen) atoms. The number of hydrogen-bond acceptors (Lipinski definition) is 6. The number of alkyl halides is 3. The smallest absolute Gasteiger partial charge is 0.416 e. The summed E-state index contributed by atoms with van der Waals surface area (Å²) in [5.74, 6) is 1.18. The molecule has 4 rings (SSSR count). The lowest BCUT2D eigenvalue weighted by Gasteiger charge is -2.24. The van der Waals surface area contributed by atoms with Crippen LogP contribution in [0.1, 0.15) is 23.1 Å². The fourth-order valence-corrected chi connectivity index (χ4v) is 4.68. The number of benzene rings is 2. The van der Waals surface area contributed by atoms with Crippen LogP contribution in [0.25, 0.3) is 16.8 Å². The third-order valence-corrected chi connectivity index (χ3v) is 6.51. The van der Waals surface area contributed by atoms with Crippen LogP contribution in [0.3, 0.4) is 0 Å². The lowest BCUT2D eigenvalue weighted by atomic mass is 10.1. The number of rotatable bonds is 6. The van der Waals surface area contributed by atoms with Gasteiger partial charge >= 0.3 is 6.18 Å². The number of amidine groups is 1. The summed E-state index contributed by atoms with van der Waals surface area (Å²) < 4.78 is 50.0. The molecule has 2 N–H and O–H groups in total. The molecular weight excluding hydrogens is 467 g/mol. The molecule has 0 radical (unpaired) electrons. The molecule has 0 fully saturated rings. The lowest BCUT2D eigenvalue weighted by Crippen LogP contribution is -2.32. The van der Waals surface area contributed by atoms with Gasteiger partial charge in [-0.1, -0.05) is 12.1 Å². The Balaban J connectivity index is 1.63. The number of halogens is 3. The number of nitrogens with zero attached hydrogens (tertiary/aromatic N) is 2. The molecule has 1 atom stereocenters. The van der Waals surface area contributed by atoms with Gasteiger partial charge < -0.3 is 19.5 Å². The molecule has 178 valence electrons. The predicted octanol–water partition coefficient (Wildman–Crippen LogP) is 6.00. The van der Waals surface area contributed by atoms with Gasteiger partial charge in [-0.2, -0.15) is 13.2 Å². The summed E-state index contributed by atoms with van der Waals surface area (Å²) in [6.45, 7) is 1.74. The number of ether oxygens (including phenoxy) is 2. The quantitative estimate of drug-likeness (QED) is 0.444. The summed E-state index contributed by atoms with van der Waals surface area (Å²) in [5.41, 5.74) is 1.19. The summed E-state index contributed by atoms with van der Waals surface area (Å²) in [4.78, 5) is 6.17. The number of aromatic nitrogens is 1. The Hall–Kier alpha value is -3.53. The zero-order valence-corrected chi connectivity index (χ0v) is 19.4. The molecule has 2 aromatic carbocycles. The summed E-state index contributed by atoms with van der Waals surface area (Å²) in [6, 6.07) is 9.71. The number of nitrogens with one attached hydrogen (secondary N) is 1. The Morgan fingerprint density at radius 3 is 2.59 bits per heavy atom. The maximum atomic E-state index is 13.1. The van der Waals surface area contributed by atoms with Gasteiger partial charge in [-0.15, -0.1) is 11.3 Å². The molecule has 0 saturated heterocycles. The minimum absolute atomic E-state index is 0.000851. The van der Waals surface area contributed by atoms with Gasteiger partial charge in [0.2, 0.25) is 0 Å². The van der Waals surface area contributed by atoms with Crippen LogP contribution in [0.2, 0.25) is 0 Å². The van der Waals surface area contributed by atoms with Gasteiger partial charge in [0.05, 0.1) is 37.1 Å². The molecule has 1 aliphatic rings. The normalized spacial score (nSPS) is 16.4. The van der Waals surface area contributed by atoms with E-state index in [9.17, 15) is 18.3 Å². The first kappa shape index (κ1) is 23.6. The first-order chi connectivity index (χ1) is 16.1. The van der Waals surface area contributed by atoms with Crippen molar-refractivity contribution in [2.45, 2.75) is 25.7 Å². The van der Waals surface area contributed by atoms with E-state index in [0.717, 1.165) is 12.1 Å². The SMILES string of the molecule is COc1ccc(OC)c(-c2csc(C3=C(O)C(C)N(Cc4cccc(C(F)(F)F)c4)C3=N)n2)c1. The number of aliphatic hydroxyl groups excluding tert-OH is 1. The van der Waals surface area contributed by atoms with Gasteiger partial charge in [0.15, 0.2) is 0 Å². The zero-order valence-electron chi connectivity index (χ0n) is 18.6. The van der Waals surface area contributed by atoms with Crippen LogP contribution in [0.5, 0.6) is 11.5 Å². The Morgan fingerprint density at radius 2 is 1.91 bits per heavy atom. The fraction of sp³-hybridized carbons (Fsp3) is 0.250. The van der Waals surface area contributed by atoms with Crippen molar-refractivity contribution < 1.29 is 27.8 Å². The average Bonchev–Trinajstić information content (AvgIpc) is 3.37. The first-order valence-corrected chi connectivity index (χ1v) is 11.1. The van der Waals surface area contributed by atoms with Crippen LogP contribution in [-0.2, 0) is 12.7 Å². The second-order valence-corrected chi connectivity index (χ2v) is 8.57. The average molecular weight is 490 g/mol. The van der Waals surface area contributed by atoms with Crippen molar-refractivity contribution in [1.29, 1.82) is 5.41 Å². The van der Waals surface area contributed by atoms with E-state index in [1.807, 2.05) is 0 Å². The molecule has 1 aromatic heterocycles. The van der Waals surface area contributed by atoms with Crippen molar-refractivity contribution in [1.82, 2.24) is 9.88 Å². The third-order valence-electron chi connectivity index (χ3n) is 5.65. The molecule has 1 aliphatic heterocycles. The van der Waals surface area contributed by atoms with E-state index < -0.39 is 17.8 Å².